The van der Waals surface area contributed by atoms with Gasteiger partial charge in [0.25, 0.3) is 11.5 Å². The van der Waals surface area contributed by atoms with Crippen molar-refractivity contribution in [3.8, 4) is 0 Å². The van der Waals surface area contributed by atoms with Crippen LogP contribution in [0.25, 0.3) is 10.8 Å². The Balaban J connectivity index is 1.65. The summed E-state index contributed by atoms with van der Waals surface area (Å²) >= 11 is 0. The molecule has 160 valence electrons. The van der Waals surface area contributed by atoms with Gasteiger partial charge in [-0.1, -0.05) is 18.2 Å². The summed E-state index contributed by atoms with van der Waals surface area (Å²) in [5.41, 5.74) is 4.66. The molecular formula is C20H26N6O4. The molecule has 1 saturated heterocycles. The SMILES string of the molecule is CCn1nc(C(=O)NNC(=O)C2CCN(C(=O)N(C)C)CC2)c2ccccc2c1=O. The second kappa shape index (κ2) is 8.93. The van der Waals surface area contributed by atoms with Crippen LogP contribution < -0.4 is 16.4 Å². The number of likely N-dealkylation sites (tertiary alicyclic amines) is 1. The Labute approximate surface area is 173 Å². The zero-order valence-corrected chi connectivity index (χ0v) is 17.3. The molecule has 2 N–H and O–H groups in total. The summed E-state index contributed by atoms with van der Waals surface area (Å²) in [6.45, 7) is 3.05. The number of aryl methyl sites for hydroxylation is 1. The smallest absolute Gasteiger partial charge is 0.319 e. The molecule has 1 aliphatic rings. The summed E-state index contributed by atoms with van der Waals surface area (Å²) in [5.74, 6) is -1.21. The van der Waals surface area contributed by atoms with E-state index in [0.717, 1.165) is 0 Å². The molecule has 2 heterocycles. The zero-order chi connectivity index (χ0) is 21.8. The minimum Gasteiger partial charge on any atom is -0.331 e. The van der Waals surface area contributed by atoms with Crippen LogP contribution in [0.1, 0.15) is 30.3 Å². The van der Waals surface area contributed by atoms with E-state index in [1.165, 1.54) is 9.58 Å². The van der Waals surface area contributed by atoms with Crippen molar-refractivity contribution in [3.63, 3.8) is 0 Å². The number of aromatic nitrogens is 2. The summed E-state index contributed by atoms with van der Waals surface area (Å²) < 4.78 is 1.22. The monoisotopic (exact) mass is 414 g/mol. The first-order chi connectivity index (χ1) is 14.3. The number of urea groups is 1. The third-order valence-corrected chi connectivity index (χ3v) is 5.20. The minimum absolute atomic E-state index is 0.0683. The van der Waals surface area contributed by atoms with Crippen LogP contribution in [0.3, 0.4) is 0 Å². The van der Waals surface area contributed by atoms with Crippen molar-refractivity contribution in [2.24, 2.45) is 5.92 Å². The number of benzene rings is 1. The van der Waals surface area contributed by atoms with Crippen molar-refractivity contribution in [1.82, 2.24) is 30.4 Å². The molecule has 10 nitrogen and oxygen atoms in total. The van der Waals surface area contributed by atoms with E-state index in [-0.39, 0.29) is 29.1 Å². The molecule has 0 bridgehead atoms. The molecule has 10 heteroatoms. The van der Waals surface area contributed by atoms with Crippen LogP contribution in [0.5, 0.6) is 0 Å². The van der Waals surface area contributed by atoms with Gasteiger partial charge < -0.3 is 9.80 Å². The largest absolute Gasteiger partial charge is 0.331 e. The van der Waals surface area contributed by atoms with Crippen LogP contribution in [0.2, 0.25) is 0 Å². The average Bonchev–Trinajstić information content (AvgIpc) is 2.77. The highest BCUT2D eigenvalue weighted by atomic mass is 16.2. The Kier molecular flexibility index (Phi) is 6.34. The second-order valence-electron chi connectivity index (χ2n) is 7.40. The number of amides is 4. The fourth-order valence-corrected chi connectivity index (χ4v) is 3.51. The molecule has 0 saturated carbocycles. The number of hydrogen-bond donors (Lipinski definition) is 2. The van der Waals surface area contributed by atoms with Gasteiger partial charge in [0.1, 0.15) is 0 Å². The number of fused-ring (bicyclic) bond motifs is 1. The van der Waals surface area contributed by atoms with Crippen LogP contribution >= 0.6 is 0 Å². The van der Waals surface area contributed by atoms with Crippen LogP contribution in [0, 0.1) is 5.92 Å². The van der Waals surface area contributed by atoms with Gasteiger partial charge in [-0.2, -0.15) is 5.10 Å². The summed E-state index contributed by atoms with van der Waals surface area (Å²) in [6.07, 6.45) is 1.03. The van der Waals surface area contributed by atoms with Crippen LogP contribution in [0.4, 0.5) is 4.79 Å². The van der Waals surface area contributed by atoms with E-state index in [4.69, 9.17) is 0 Å². The third kappa shape index (κ3) is 4.27. The van der Waals surface area contributed by atoms with Gasteiger partial charge in [0, 0.05) is 45.0 Å². The van der Waals surface area contributed by atoms with E-state index in [2.05, 4.69) is 16.0 Å². The number of piperidine rings is 1. The lowest BCUT2D eigenvalue weighted by Crippen LogP contribution is -2.49. The first-order valence-corrected chi connectivity index (χ1v) is 9.89. The van der Waals surface area contributed by atoms with Gasteiger partial charge >= 0.3 is 6.03 Å². The second-order valence-corrected chi connectivity index (χ2v) is 7.40. The number of nitrogens with zero attached hydrogens (tertiary/aromatic N) is 4. The van der Waals surface area contributed by atoms with E-state index in [1.54, 1.807) is 50.2 Å². The molecular weight excluding hydrogens is 388 g/mol. The molecule has 0 atom stereocenters. The first kappa shape index (κ1) is 21.3. The number of hydrogen-bond acceptors (Lipinski definition) is 5. The number of nitrogens with one attached hydrogen (secondary N) is 2. The summed E-state index contributed by atoms with van der Waals surface area (Å²) in [6, 6.07) is 6.66. The Morgan fingerprint density at radius 3 is 2.33 bits per heavy atom. The molecule has 0 radical (unpaired) electrons. The maximum atomic E-state index is 12.7. The van der Waals surface area contributed by atoms with E-state index in [1.807, 2.05) is 0 Å². The quantitative estimate of drug-likeness (QED) is 0.713. The van der Waals surface area contributed by atoms with Crippen LogP contribution in [0.15, 0.2) is 29.1 Å². The molecule has 0 unspecified atom stereocenters. The number of carbonyl (C=O) groups excluding carboxylic acids is 3. The van der Waals surface area contributed by atoms with Crippen molar-refractivity contribution >= 4 is 28.6 Å². The summed E-state index contributed by atoms with van der Waals surface area (Å²) in [7, 11) is 3.38. The lowest BCUT2D eigenvalue weighted by atomic mass is 9.96. The molecule has 0 aliphatic carbocycles. The molecule has 30 heavy (non-hydrogen) atoms. The number of carbonyl (C=O) groups is 3. The van der Waals surface area contributed by atoms with Crippen molar-refractivity contribution < 1.29 is 14.4 Å². The zero-order valence-electron chi connectivity index (χ0n) is 17.3. The minimum atomic E-state index is -0.595. The highest BCUT2D eigenvalue weighted by molar-refractivity contribution is 6.05. The lowest BCUT2D eigenvalue weighted by Gasteiger charge is -2.32. The molecule has 4 amide bonds. The molecule has 3 rings (SSSR count). The normalized spacial score (nSPS) is 14.4. The highest BCUT2D eigenvalue weighted by Crippen LogP contribution is 2.18. The van der Waals surface area contributed by atoms with Crippen LogP contribution in [-0.4, -0.2) is 64.6 Å². The van der Waals surface area contributed by atoms with Crippen LogP contribution in [-0.2, 0) is 11.3 Å². The van der Waals surface area contributed by atoms with Gasteiger partial charge in [-0.05, 0) is 25.8 Å². The standard InChI is InChI=1S/C20H26N6O4/c1-4-26-19(29)15-8-6-5-7-14(15)16(23-26)18(28)22-21-17(27)13-9-11-25(12-10-13)20(30)24(2)3/h5-8,13H,4,9-12H2,1-3H3,(H,21,27)(H,22,28). The lowest BCUT2D eigenvalue weighted by molar-refractivity contribution is -0.127. The van der Waals surface area contributed by atoms with Gasteiger partial charge in [-0.25, -0.2) is 9.48 Å². The fourth-order valence-electron chi connectivity index (χ4n) is 3.51. The van der Waals surface area contributed by atoms with Gasteiger partial charge in [0.05, 0.1) is 5.39 Å². The van der Waals surface area contributed by atoms with Gasteiger partial charge in [0.15, 0.2) is 5.69 Å². The topological polar surface area (TPSA) is 117 Å². The Bertz CT molecular complexity index is 1020. The molecule has 1 aliphatic heterocycles. The number of hydrazine groups is 1. The molecule has 1 aromatic heterocycles. The molecule has 0 spiro atoms. The average molecular weight is 414 g/mol. The van der Waals surface area contributed by atoms with Crippen molar-refractivity contribution in [3.05, 3.63) is 40.3 Å². The predicted molar refractivity (Wildman–Crippen MR) is 111 cm³/mol. The highest BCUT2D eigenvalue weighted by Gasteiger charge is 2.28. The Morgan fingerprint density at radius 1 is 1.10 bits per heavy atom. The number of rotatable bonds is 3. The Hall–Kier alpha value is -3.43. The van der Waals surface area contributed by atoms with E-state index < -0.39 is 5.91 Å². The van der Waals surface area contributed by atoms with Crippen molar-refractivity contribution in [2.45, 2.75) is 26.3 Å². The molecule has 1 aromatic carbocycles. The molecule has 1 fully saturated rings. The van der Waals surface area contributed by atoms with Gasteiger partial charge in [-0.15, -0.1) is 0 Å². The maximum absolute atomic E-state index is 12.7. The summed E-state index contributed by atoms with van der Waals surface area (Å²) in [5, 5.41) is 4.96. The third-order valence-electron chi connectivity index (χ3n) is 5.20. The van der Waals surface area contributed by atoms with Gasteiger partial charge in [-0.3, -0.25) is 25.2 Å². The van der Waals surface area contributed by atoms with Crippen molar-refractivity contribution in [1.29, 1.82) is 0 Å². The van der Waals surface area contributed by atoms with Gasteiger partial charge in [0.2, 0.25) is 5.91 Å². The van der Waals surface area contributed by atoms with Crippen molar-refractivity contribution in [2.75, 3.05) is 27.2 Å². The molecule has 2 aromatic rings. The maximum Gasteiger partial charge on any atom is 0.319 e. The van der Waals surface area contributed by atoms with E-state index >= 15 is 0 Å². The fraction of sp³-hybridized carbons (Fsp3) is 0.450. The first-order valence-electron chi connectivity index (χ1n) is 9.89. The van der Waals surface area contributed by atoms with E-state index in [9.17, 15) is 19.2 Å². The Morgan fingerprint density at radius 2 is 1.73 bits per heavy atom. The summed E-state index contributed by atoms with van der Waals surface area (Å²) in [4.78, 5) is 52.7. The van der Waals surface area contributed by atoms with E-state index in [0.29, 0.717) is 43.2 Å². The predicted octanol–water partition coefficient (Wildman–Crippen LogP) is 0.571.